The lowest BCUT2D eigenvalue weighted by Gasteiger charge is -2.40. The van der Waals surface area contributed by atoms with E-state index in [0.717, 1.165) is 32.0 Å². The minimum Gasteiger partial charge on any atom is -0.385 e. The molecular weight excluding hydrogens is 248 g/mol. The van der Waals surface area contributed by atoms with Crippen molar-refractivity contribution < 1.29 is 4.74 Å². The van der Waals surface area contributed by atoms with E-state index in [-0.39, 0.29) is 0 Å². The van der Waals surface area contributed by atoms with Gasteiger partial charge in [-0.15, -0.1) is 0 Å². The molecule has 0 amide bonds. The first-order valence-corrected chi connectivity index (χ1v) is 8.46. The Morgan fingerprint density at radius 1 is 1.20 bits per heavy atom. The second-order valence-electron chi connectivity index (χ2n) is 7.17. The van der Waals surface area contributed by atoms with E-state index in [2.05, 4.69) is 31.1 Å². The van der Waals surface area contributed by atoms with Crippen molar-refractivity contribution in [2.24, 2.45) is 11.3 Å². The van der Waals surface area contributed by atoms with Crippen LogP contribution < -0.4 is 5.32 Å². The van der Waals surface area contributed by atoms with Crippen molar-refractivity contribution in [1.29, 1.82) is 0 Å². The number of hydrogen-bond donors (Lipinski definition) is 1. The maximum Gasteiger partial charge on any atom is 0.0474 e. The summed E-state index contributed by atoms with van der Waals surface area (Å²) in [6, 6.07) is 0. The highest BCUT2D eigenvalue weighted by atomic mass is 16.5. The van der Waals surface area contributed by atoms with Crippen molar-refractivity contribution in [1.82, 2.24) is 10.2 Å². The number of hydrogen-bond acceptors (Lipinski definition) is 3. The summed E-state index contributed by atoms with van der Waals surface area (Å²) < 4.78 is 5.16. The Balaban J connectivity index is 2.41. The average Bonchev–Trinajstić information content (AvgIpc) is 2.39. The van der Waals surface area contributed by atoms with Crippen molar-refractivity contribution in [3.63, 3.8) is 0 Å². The largest absolute Gasteiger partial charge is 0.385 e. The summed E-state index contributed by atoms with van der Waals surface area (Å²) in [5.41, 5.74) is 0.509. The zero-order valence-electron chi connectivity index (χ0n) is 14.2. The van der Waals surface area contributed by atoms with Crippen molar-refractivity contribution >= 4 is 0 Å². The Bertz CT molecular complexity index is 237. The fourth-order valence-electron chi connectivity index (χ4n) is 3.45. The van der Waals surface area contributed by atoms with Crippen molar-refractivity contribution in [3.05, 3.63) is 0 Å². The molecule has 0 aromatic heterocycles. The monoisotopic (exact) mass is 284 g/mol. The molecule has 0 aliphatic heterocycles. The highest BCUT2D eigenvalue weighted by Crippen LogP contribution is 2.36. The smallest absolute Gasteiger partial charge is 0.0474 e. The molecule has 0 atom stereocenters. The first-order chi connectivity index (χ1) is 9.58. The molecule has 1 fully saturated rings. The van der Waals surface area contributed by atoms with Crippen molar-refractivity contribution in [2.45, 2.75) is 52.4 Å². The third kappa shape index (κ3) is 7.05. The summed E-state index contributed by atoms with van der Waals surface area (Å²) in [4.78, 5) is 2.52. The number of methoxy groups -OCH3 is 1. The van der Waals surface area contributed by atoms with E-state index < -0.39 is 0 Å². The number of nitrogens with one attached hydrogen (secondary N) is 1. The van der Waals surface area contributed by atoms with E-state index in [1.165, 1.54) is 45.2 Å². The van der Waals surface area contributed by atoms with E-state index in [1.54, 1.807) is 7.11 Å². The Labute approximate surface area is 126 Å². The lowest BCUT2D eigenvalue weighted by molar-refractivity contribution is 0.107. The molecule has 0 unspecified atom stereocenters. The van der Waals surface area contributed by atoms with E-state index in [0.29, 0.717) is 5.41 Å². The topological polar surface area (TPSA) is 24.5 Å². The molecule has 0 heterocycles. The van der Waals surface area contributed by atoms with E-state index >= 15 is 0 Å². The Morgan fingerprint density at radius 3 is 2.50 bits per heavy atom. The molecule has 0 aromatic carbocycles. The van der Waals surface area contributed by atoms with Crippen LogP contribution in [0.1, 0.15) is 52.4 Å². The van der Waals surface area contributed by atoms with Crippen molar-refractivity contribution in [2.75, 3.05) is 46.9 Å². The van der Waals surface area contributed by atoms with Gasteiger partial charge in [0, 0.05) is 33.4 Å². The second kappa shape index (κ2) is 9.75. The number of nitrogens with zero attached hydrogens (tertiary/aromatic N) is 1. The van der Waals surface area contributed by atoms with Gasteiger partial charge in [0.25, 0.3) is 0 Å². The molecule has 0 spiro atoms. The van der Waals surface area contributed by atoms with Crippen LogP contribution in [0, 0.1) is 11.3 Å². The molecule has 1 saturated carbocycles. The Hall–Kier alpha value is -0.120. The molecule has 3 heteroatoms. The lowest BCUT2D eigenvalue weighted by atomic mass is 9.73. The zero-order valence-corrected chi connectivity index (χ0v) is 14.2. The van der Waals surface area contributed by atoms with Crippen LogP contribution in [0.3, 0.4) is 0 Å². The minimum atomic E-state index is 0.509. The molecule has 120 valence electrons. The molecule has 1 aliphatic rings. The fraction of sp³-hybridized carbons (Fsp3) is 1.00. The van der Waals surface area contributed by atoms with E-state index in [1.807, 2.05) is 0 Å². The molecule has 1 rings (SSSR count). The van der Waals surface area contributed by atoms with Gasteiger partial charge >= 0.3 is 0 Å². The fourth-order valence-corrected chi connectivity index (χ4v) is 3.45. The third-order valence-electron chi connectivity index (χ3n) is 4.46. The van der Waals surface area contributed by atoms with Gasteiger partial charge in [-0.1, -0.05) is 33.1 Å². The van der Waals surface area contributed by atoms with Crippen LogP contribution in [0.25, 0.3) is 0 Å². The van der Waals surface area contributed by atoms with Gasteiger partial charge in [0.1, 0.15) is 0 Å². The maximum atomic E-state index is 5.16. The number of rotatable bonds is 10. The standard InChI is InChI=1S/C17H36N2O/c1-16(2)13-18-14-17(9-6-5-7-10-17)15-19(3)11-8-12-20-4/h16,18H,5-15H2,1-4H3. The SMILES string of the molecule is COCCCN(C)CC1(CNCC(C)C)CCCCC1. The van der Waals surface area contributed by atoms with Gasteiger partial charge in [-0.2, -0.15) is 0 Å². The first-order valence-electron chi connectivity index (χ1n) is 8.46. The highest BCUT2D eigenvalue weighted by molar-refractivity contribution is 4.87. The van der Waals surface area contributed by atoms with Gasteiger partial charge in [0.05, 0.1) is 0 Å². The summed E-state index contributed by atoms with van der Waals surface area (Å²) in [5.74, 6) is 0.745. The van der Waals surface area contributed by atoms with Crippen LogP contribution in [0.4, 0.5) is 0 Å². The van der Waals surface area contributed by atoms with Gasteiger partial charge in [-0.05, 0) is 44.2 Å². The van der Waals surface area contributed by atoms with Crippen LogP contribution in [-0.4, -0.2) is 51.8 Å². The third-order valence-corrected chi connectivity index (χ3v) is 4.46. The molecule has 1 aliphatic carbocycles. The van der Waals surface area contributed by atoms with E-state index in [4.69, 9.17) is 4.74 Å². The quantitative estimate of drug-likeness (QED) is 0.624. The van der Waals surface area contributed by atoms with Gasteiger partial charge in [-0.25, -0.2) is 0 Å². The lowest BCUT2D eigenvalue weighted by Crippen LogP contribution is -2.45. The molecule has 0 saturated heterocycles. The Kier molecular flexibility index (Phi) is 8.74. The van der Waals surface area contributed by atoms with E-state index in [9.17, 15) is 0 Å². The van der Waals surface area contributed by atoms with Gasteiger partial charge in [0.2, 0.25) is 0 Å². The maximum absolute atomic E-state index is 5.16. The summed E-state index contributed by atoms with van der Waals surface area (Å²) in [6.07, 6.45) is 8.19. The summed E-state index contributed by atoms with van der Waals surface area (Å²) in [7, 11) is 4.06. The van der Waals surface area contributed by atoms with Crippen molar-refractivity contribution in [3.8, 4) is 0 Å². The molecule has 0 bridgehead atoms. The van der Waals surface area contributed by atoms with Gasteiger partial charge < -0.3 is 15.0 Å². The van der Waals surface area contributed by atoms with Gasteiger partial charge in [-0.3, -0.25) is 0 Å². The molecule has 1 N–H and O–H groups in total. The first kappa shape index (κ1) is 17.9. The molecule has 3 nitrogen and oxygen atoms in total. The van der Waals surface area contributed by atoms with Crippen LogP contribution in [0.2, 0.25) is 0 Å². The summed E-state index contributed by atoms with van der Waals surface area (Å²) in [6.45, 7) is 10.2. The van der Waals surface area contributed by atoms with Gasteiger partial charge in [0.15, 0.2) is 0 Å². The predicted molar refractivity (Wildman–Crippen MR) is 87.2 cm³/mol. The normalized spacial score (nSPS) is 18.9. The number of ether oxygens (including phenoxy) is 1. The van der Waals surface area contributed by atoms with Crippen LogP contribution >= 0.6 is 0 Å². The molecular formula is C17H36N2O. The highest BCUT2D eigenvalue weighted by Gasteiger charge is 2.32. The average molecular weight is 284 g/mol. The second-order valence-corrected chi connectivity index (χ2v) is 7.17. The van der Waals surface area contributed by atoms with Crippen LogP contribution in [-0.2, 0) is 4.74 Å². The molecule has 0 aromatic rings. The minimum absolute atomic E-state index is 0.509. The van der Waals surface area contributed by atoms with Crippen LogP contribution in [0.15, 0.2) is 0 Å². The predicted octanol–water partition coefficient (Wildman–Crippen LogP) is 3.15. The zero-order chi connectivity index (χ0) is 14.8. The summed E-state index contributed by atoms with van der Waals surface area (Å²) >= 11 is 0. The summed E-state index contributed by atoms with van der Waals surface area (Å²) in [5, 5.41) is 3.72. The van der Waals surface area contributed by atoms with Crippen LogP contribution in [0.5, 0.6) is 0 Å². The molecule has 0 radical (unpaired) electrons. The Morgan fingerprint density at radius 2 is 1.90 bits per heavy atom. The molecule has 20 heavy (non-hydrogen) atoms.